The van der Waals surface area contributed by atoms with Gasteiger partial charge >= 0.3 is 0 Å². The first kappa shape index (κ1) is 12.2. The van der Waals surface area contributed by atoms with Gasteiger partial charge in [-0.05, 0) is 50.6 Å². The third-order valence-electron chi connectivity index (χ3n) is 4.68. The Balaban J connectivity index is 1.62. The van der Waals surface area contributed by atoms with Crippen LogP contribution >= 0.6 is 0 Å². The molecule has 3 nitrogen and oxygen atoms in total. The van der Waals surface area contributed by atoms with Gasteiger partial charge < -0.3 is 5.32 Å². The molecule has 0 unspecified atom stereocenters. The Morgan fingerprint density at radius 1 is 1.33 bits per heavy atom. The fourth-order valence-corrected chi connectivity index (χ4v) is 3.37. The van der Waals surface area contributed by atoms with Crippen molar-refractivity contribution >= 4 is 0 Å². The Labute approximate surface area is 110 Å². The molecule has 1 heterocycles. The largest absolute Gasteiger partial charge is 0.319 e. The molecular weight excluding hydrogens is 222 g/mol. The smallest absolute Gasteiger partial charge is 0.0630 e. The lowest BCUT2D eigenvalue weighted by atomic mass is 9.96. The average Bonchev–Trinajstić information content (AvgIpc) is 2.99. The molecule has 2 aliphatic carbocycles. The minimum absolute atomic E-state index is 0.528. The topological polar surface area (TPSA) is 29.9 Å². The fourth-order valence-electron chi connectivity index (χ4n) is 3.37. The normalized spacial score (nSPS) is 23.2. The van der Waals surface area contributed by atoms with Gasteiger partial charge in [-0.2, -0.15) is 5.10 Å². The molecule has 2 saturated carbocycles. The van der Waals surface area contributed by atoms with E-state index in [-0.39, 0.29) is 0 Å². The van der Waals surface area contributed by atoms with Gasteiger partial charge in [0.25, 0.3) is 0 Å². The first-order valence-corrected chi connectivity index (χ1v) is 7.50. The first-order valence-electron chi connectivity index (χ1n) is 7.50. The van der Waals surface area contributed by atoms with Gasteiger partial charge in [0.1, 0.15) is 0 Å². The van der Waals surface area contributed by atoms with E-state index in [0.717, 1.165) is 13.0 Å². The number of nitrogens with zero attached hydrogens (tertiary/aromatic N) is 2. The monoisotopic (exact) mass is 247 g/mol. The Bertz CT molecular complexity index is 386. The lowest BCUT2D eigenvalue weighted by molar-refractivity contribution is 0.326. The molecular formula is C15H25N3. The molecule has 3 rings (SSSR count). The number of rotatable bonds is 5. The maximum absolute atomic E-state index is 4.83. The Morgan fingerprint density at radius 3 is 2.78 bits per heavy atom. The summed E-state index contributed by atoms with van der Waals surface area (Å²) < 4.78 is 2.24. The van der Waals surface area contributed by atoms with Crippen LogP contribution in [0.15, 0.2) is 12.3 Å². The molecule has 0 amide bonds. The van der Waals surface area contributed by atoms with Gasteiger partial charge in [-0.15, -0.1) is 0 Å². The fraction of sp³-hybridized carbons (Fsp3) is 0.800. The molecule has 1 N–H and O–H groups in total. The third-order valence-corrected chi connectivity index (χ3v) is 4.68. The maximum Gasteiger partial charge on any atom is 0.0630 e. The van der Waals surface area contributed by atoms with E-state index in [2.05, 4.69) is 29.3 Å². The summed E-state index contributed by atoms with van der Waals surface area (Å²) in [4.78, 5) is 0. The van der Waals surface area contributed by atoms with E-state index in [1.165, 1.54) is 50.6 Å². The quantitative estimate of drug-likeness (QED) is 0.867. The van der Waals surface area contributed by atoms with E-state index in [1.54, 1.807) is 0 Å². The summed E-state index contributed by atoms with van der Waals surface area (Å²) >= 11 is 0. The molecule has 3 heteroatoms. The molecule has 1 aromatic rings. The van der Waals surface area contributed by atoms with Crippen LogP contribution in [0.4, 0.5) is 0 Å². The number of aromatic nitrogens is 2. The van der Waals surface area contributed by atoms with Gasteiger partial charge in [0.2, 0.25) is 0 Å². The van der Waals surface area contributed by atoms with Crippen molar-refractivity contribution in [2.24, 2.45) is 5.41 Å². The number of hydrogen-bond donors (Lipinski definition) is 1. The second-order valence-electron chi connectivity index (χ2n) is 6.29. The highest BCUT2D eigenvalue weighted by Crippen LogP contribution is 2.47. The average molecular weight is 247 g/mol. The highest BCUT2D eigenvalue weighted by Gasteiger charge is 2.42. The number of hydrogen-bond acceptors (Lipinski definition) is 2. The third kappa shape index (κ3) is 2.61. The molecule has 2 aliphatic rings. The van der Waals surface area contributed by atoms with Crippen LogP contribution in [0.25, 0.3) is 0 Å². The van der Waals surface area contributed by atoms with Crippen molar-refractivity contribution in [1.29, 1.82) is 0 Å². The van der Waals surface area contributed by atoms with E-state index < -0.39 is 0 Å². The lowest BCUT2D eigenvalue weighted by Crippen LogP contribution is -2.22. The van der Waals surface area contributed by atoms with E-state index in [0.29, 0.717) is 11.5 Å². The van der Waals surface area contributed by atoms with Crippen LogP contribution in [0.5, 0.6) is 0 Å². The Morgan fingerprint density at radius 2 is 2.11 bits per heavy atom. The van der Waals surface area contributed by atoms with E-state index in [9.17, 15) is 0 Å². The first-order chi connectivity index (χ1) is 8.81. The van der Waals surface area contributed by atoms with Crippen LogP contribution in [-0.4, -0.2) is 23.4 Å². The summed E-state index contributed by atoms with van der Waals surface area (Å²) in [6, 6.07) is 2.91. The zero-order chi connectivity index (χ0) is 12.4. The van der Waals surface area contributed by atoms with Gasteiger partial charge in [-0.25, -0.2) is 0 Å². The molecule has 0 bridgehead atoms. The Kier molecular flexibility index (Phi) is 3.42. The SMILES string of the molecule is CNCC1(Cc2ccn(C3CCCCC3)n2)CC1. The van der Waals surface area contributed by atoms with Crippen LogP contribution < -0.4 is 5.32 Å². The molecule has 18 heavy (non-hydrogen) atoms. The predicted molar refractivity (Wildman–Crippen MR) is 73.6 cm³/mol. The van der Waals surface area contributed by atoms with Crippen LogP contribution in [0.1, 0.15) is 56.7 Å². The lowest BCUT2D eigenvalue weighted by Gasteiger charge is -2.22. The molecule has 2 fully saturated rings. The van der Waals surface area contributed by atoms with Crippen molar-refractivity contribution in [3.8, 4) is 0 Å². The second kappa shape index (κ2) is 5.04. The summed E-state index contributed by atoms with van der Waals surface area (Å²) in [7, 11) is 2.06. The molecule has 1 aromatic heterocycles. The van der Waals surface area contributed by atoms with Gasteiger partial charge in [0, 0.05) is 12.7 Å². The van der Waals surface area contributed by atoms with E-state index in [4.69, 9.17) is 5.10 Å². The molecule has 0 spiro atoms. The van der Waals surface area contributed by atoms with Gasteiger partial charge in [-0.3, -0.25) is 4.68 Å². The molecule has 100 valence electrons. The molecule has 0 atom stereocenters. The Hall–Kier alpha value is -0.830. The summed E-state index contributed by atoms with van der Waals surface area (Å²) in [5.74, 6) is 0. The van der Waals surface area contributed by atoms with Crippen molar-refractivity contribution in [2.75, 3.05) is 13.6 Å². The van der Waals surface area contributed by atoms with Crippen molar-refractivity contribution in [2.45, 2.75) is 57.4 Å². The van der Waals surface area contributed by atoms with Gasteiger partial charge in [0.05, 0.1) is 11.7 Å². The van der Waals surface area contributed by atoms with Crippen LogP contribution in [0, 0.1) is 5.41 Å². The standard InChI is InChI=1S/C15H25N3/c1-16-12-15(8-9-15)11-13-7-10-18(17-13)14-5-3-2-4-6-14/h7,10,14,16H,2-6,8-9,11-12H2,1H3. The summed E-state index contributed by atoms with van der Waals surface area (Å²) in [5.41, 5.74) is 1.83. The van der Waals surface area contributed by atoms with Crippen LogP contribution in [0.2, 0.25) is 0 Å². The van der Waals surface area contributed by atoms with E-state index in [1.807, 2.05) is 0 Å². The highest BCUT2D eigenvalue weighted by molar-refractivity contribution is 5.09. The zero-order valence-electron chi connectivity index (χ0n) is 11.5. The highest BCUT2D eigenvalue weighted by atomic mass is 15.3. The predicted octanol–water partition coefficient (Wildman–Crippen LogP) is 2.93. The van der Waals surface area contributed by atoms with Crippen molar-refractivity contribution in [3.05, 3.63) is 18.0 Å². The summed E-state index contributed by atoms with van der Waals surface area (Å²) in [6.45, 7) is 1.14. The minimum atomic E-state index is 0.528. The molecule has 0 saturated heterocycles. The van der Waals surface area contributed by atoms with Gasteiger partial charge in [-0.1, -0.05) is 19.3 Å². The maximum atomic E-state index is 4.83. The minimum Gasteiger partial charge on any atom is -0.319 e. The number of nitrogens with one attached hydrogen (secondary N) is 1. The van der Waals surface area contributed by atoms with Crippen LogP contribution in [0.3, 0.4) is 0 Å². The van der Waals surface area contributed by atoms with E-state index >= 15 is 0 Å². The molecule has 0 radical (unpaired) electrons. The second-order valence-corrected chi connectivity index (χ2v) is 6.29. The van der Waals surface area contributed by atoms with Crippen molar-refractivity contribution in [1.82, 2.24) is 15.1 Å². The van der Waals surface area contributed by atoms with Crippen LogP contribution in [-0.2, 0) is 6.42 Å². The zero-order valence-corrected chi connectivity index (χ0v) is 11.5. The summed E-state index contributed by atoms with van der Waals surface area (Å²) in [5, 5.41) is 8.16. The van der Waals surface area contributed by atoms with Crippen molar-refractivity contribution < 1.29 is 0 Å². The van der Waals surface area contributed by atoms with Crippen molar-refractivity contribution in [3.63, 3.8) is 0 Å². The molecule has 0 aromatic carbocycles. The molecule has 0 aliphatic heterocycles. The van der Waals surface area contributed by atoms with Gasteiger partial charge in [0.15, 0.2) is 0 Å². The summed E-state index contributed by atoms with van der Waals surface area (Å²) in [6.07, 6.45) is 12.9.